The van der Waals surface area contributed by atoms with Gasteiger partial charge in [0.15, 0.2) is 5.82 Å². The SMILES string of the molecule is CN1CCN(c2ccc(Nc3nc4ccc(Oc5ccnc(-c6ncc(C(F)(F)F)[nH]6)c5)cc4[nH]3)cc2)CC1. The normalized spacial score (nSPS) is 14.6. The van der Waals surface area contributed by atoms with Crippen molar-refractivity contribution in [1.29, 1.82) is 0 Å². The highest BCUT2D eigenvalue weighted by molar-refractivity contribution is 5.80. The van der Waals surface area contributed by atoms with Crippen molar-refractivity contribution in [3.05, 3.63) is 72.7 Å². The number of nitrogens with one attached hydrogen (secondary N) is 3. The molecule has 1 saturated heterocycles. The van der Waals surface area contributed by atoms with Crippen LogP contribution in [0.1, 0.15) is 5.69 Å². The maximum Gasteiger partial charge on any atom is 0.432 e. The highest BCUT2D eigenvalue weighted by Crippen LogP contribution is 2.31. The minimum atomic E-state index is -4.51. The summed E-state index contributed by atoms with van der Waals surface area (Å²) < 4.78 is 44.6. The molecule has 1 aliphatic rings. The molecule has 0 spiro atoms. The topological polar surface area (TPSA) is 98.0 Å². The maximum atomic E-state index is 12.9. The van der Waals surface area contributed by atoms with Crippen molar-refractivity contribution in [3.8, 4) is 23.0 Å². The van der Waals surface area contributed by atoms with Gasteiger partial charge in [0.1, 0.15) is 22.9 Å². The van der Waals surface area contributed by atoms with Gasteiger partial charge >= 0.3 is 6.18 Å². The van der Waals surface area contributed by atoms with Crippen LogP contribution >= 0.6 is 0 Å². The molecule has 9 nitrogen and oxygen atoms in total. The third-order valence-corrected chi connectivity index (χ3v) is 6.54. The summed E-state index contributed by atoms with van der Waals surface area (Å²) in [6.07, 6.45) is -2.32. The smallest absolute Gasteiger partial charge is 0.432 e. The molecular formula is C27H25F3N8O. The number of benzene rings is 2. The first-order valence-corrected chi connectivity index (χ1v) is 12.4. The number of H-pyrrole nitrogens is 2. The number of likely N-dealkylation sites (N-methyl/N-ethyl adjacent to an activating group) is 1. The van der Waals surface area contributed by atoms with Gasteiger partial charge in [0.2, 0.25) is 5.95 Å². The molecule has 0 amide bonds. The fraction of sp³-hybridized carbons (Fsp3) is 0.222. The lowest BCUT2D eigenvalue weighted by Crippen LogP contribution is -2.44. The molecule has 0 aliphatic carbocycles. The standard InChI is InChI=1S/C27H25F3N8O/c1-37-10-12-38(13-11-37)18-4-2-17(3-5-18)33-26-34-21-7-6-19(14-22(21)35-26)39-20-8-9-31-23(15-20)25-32-16-24(36-25)27(28,29)30/h2-9,14-16H,10-13H2,1H3,(H,32,36)(H2,33,34,35). The van der Waals surface area contributed by atoms with Gasteiger partial charge in [-0.25, -0.2) is 9.97 Å². The molecule has 0 bridgehead atoms. The van der Waals surface area contributed by atoms with E-state index < -0.39 is 11.9 Å². The number of fused-ring (bicyclic) bond motifs is 1. The first kappa shape index (κ1) is 24.7. The van der Waals surface area contributed by atoms with Gasteiger partial charge in [0.05, 0.1) is 17.2 Å². The van der Waals surface area contributed by atoms with Crippen molar-refractivity contribution in [1.82, 2.24) is 29.8 Å². The van der Waals surface area contributed by atoms with E-state index in [1.165, 1.54) is 18.0 Å². The predicted molar refractivity (Wildman–Crippen MR) is 142 cm³/mol. The number of anilines is 3. The van der Waals surface area contributed by atoms with Crippen LogP contribution < -0.4 is 15.0 Å². The number of hydrogen-bond donors (Lipinski definition) is 3. The van der Waals surface area contributed by atoms with E-state index in [9.17, 15) is 13.2 Å². The van der Waals surface area contributed by atoms with Crippen molar-refractivity contribution < 1.29 is 17.9 Å². The number of nitrogens with zero attached hydrogens (tertiary/aromatic N) is 5. The molecule has 1 fully saturated rings. The Morgan fingerprint density at radius 2 is 1.67 bits per heavy atom. The Bertz CT molecular complexity index is 1590. The Morgan fingerprint density at radius 3 is 2.41 bits per heavy atom. The number of aromatic amines is 2. The highest BCUT2D eigenvalue weighted by Gasteiger charge is 2.33. The van der Waals surface area contributed by atoms with Crippen molar-refractivity contribution in [2.45, 2.75) is 6.18 Å². The Balaban J connectivity index is 1.14. The number of hydrogen-bond acceptors (Lipinski definition) is 7. The molecule has 0 saturated carbocycles. The highest BCUT2D eigenvalue weighted by atomic mass is 19.4. The molecule has 200 valence electrons. The summed E-state index contributed by atoms with van der Waals surface area (Å²) in [5.41, 5.74) is 2.93. The molecule has 6 rings (SSSR count). The van der Waals surface area contributed by atoms with Crippen LogP contribution in [0.25, 0.3) is 22.6 Å². The molecule has 2 aromatic carbocycles. The second kappa shape index (κ2) is 9.95. The monoisotopic (exact) mass is 534 g/mol. The van der Waals surface area contributed by atoms with E-state index in [4.69, 9.17) is 4.74 Å². The van der Waals surface area contributed by atoms with Crippen LogP contribution in [0.2, 0.25) is 0 Å². The summed E-state index contributed by atoms with van der Waals surface area (Å²) in [5.74, 6) is 1.53. The Labute approximate surface area is 221 Å². The average molecular weight is 535 g/mol. The second-order valence-electron chi connectivity index (χ2n) is 9.35. The van der Waals surface area contributed by atoms with Gasteiger partial charge in [0, 0.05) is 55.9 Å². The molecule has 1 aliphatic heterocycles. The second-order valence-corrected chi connectivity index (χ2v) is 9.35. The van der Waals surface area contributed by atoms with E-state index in [-0.39, 0.29) is 11.5 Å². The van der Waals surface area contributed by atoms with Crippen molar-refractivity contribution in [3.63, 3.8) is 0 Å². The number of aromatic nitrogens is 5. The van der Waals surface area contributed by atoms with Crippen molar-refractivity contribution >= 4 is 28.4 Å². The summed E-state index contributed by atoms with van der Waals surface area (Å²) in [7, 11) is 2.14. The summed E-state index contributed by atoms with van der Waals surface area (Å²) >= 11 is 0. The summed E-state index contributed by atoms with van der Waals surface area (Å²) in [5, 5.41) is 3.30. The lowest BCUT2D eigenvalue weighted by Gasteiger charge is -2.34. The van der Waals surface area contributed by atoms with Crippen LogP contribution in [0.3, 0.4) is 0 Å². The van der Waals surface area contributed by atoms with Crippen LogP contribution in [-0.4, -0.2) is 63.0 Å². The van der Waals surface area contributed by atoms with E-state index in [0.29, 0.717) is 17.4 Å². The zero-order valence-electron chi connectivity index (χ0n) is 21.0. The average Bonchev–Trinajstić information content (AvgIpc) is 3.57. The lowest BCUT2D eigenvalue weighted by molar-refractivity contribution is -0.140. The number of imidazole rings is 2. The molecule has 5 aromatic rings. The minimum absolute atomic E-state index is 0.00377. The molecular weight excluding hydrogens is 509 g/mol. The van der Waals surface area contributed by atoms with Crippen LogP contribution in [0.15, 0.2) is 67.0 Å². The number of rotatable bonds is 6. The minimum Gasteiger partial charge on any atom is -0.457 e. The van der Waals surface area contributed by atoms with Gasteiger partial charge in [-0.15, -0.1) is 0 Å². The van der Waals surface area contributed by atoms with Crippen LogP contribution in [-0.2, 0) is 6.18 Å². The third-order valence-electron chi connectivity index (χ3n) is 6.54. The van der Waals surface area contributed by atoms with E-state index in [2.05, 4.69) is 59.2 Å². The van der Waals surface area contributed by atoms with Crippen LogP contribution in [0.5, 0.6) is 11.5 Å². The molecule has 3 aromatic heterocycles. The van der Waals surface area contributed by atoms with E-state index in [1.807, 2.05) is 18.2 Å². The van der Waals surface area contributed by atoms with Crippen molar-refractivity contribution in [2.24, 2.45) is 0 Å². The molecule has 3 N–H and O–H groups in total. The number of pyridine rings is 1. The zero-order valence-corrected chi connectivity index (χ0v) is 21.0. The van der Waals surface area contributed by atoms with Crippen molar-refractivity contribution in [2.75, 3.05) is 43.4 Å². The predicted octanol–water partition coefficient (Wildman–Crippen LogP) is 5.65. The summed E-state index contributed by atoms with van der Waals surface area (Å²) in [6, 6.07) is 16.8. The van der Waals surface area contributed by atoms with Gasteiger partial charge in [-0.1, -0.05) is 0 Å². The summed E-state index contributed by atoms with van der Waals surface area (Å²) in [6.45, 7) is 4.14. The maximum absolute atomic E-state index is 12.9. The Hall–Kier alpha value is -4.58. The Kier molecular flexibility index (Phi) is 6.31. The van der Waals surface area contributed by atoms with Gasteiger partial charge in [-0.05, 0) is 49.5 Å². The van der Waals surface area contributed by atoms with Gasteiger partial charge in [-0.3, -0.25) is 4.98 Å². The molecule has 4 heterocycles. The van der Waals surface area contributed by atoms with Gasteiger partial charge in [-0.2, -0.15) is 13.2 Å². The first-order valence-electron chi connectivity index (χ1n) is 12.4. The fourth-order valence-corrected chi connectivity index (χ4v) is 4.40. The van der Waals surface area contributed by atoms with E-state index >= 15 is 0 Å². The summed E-state index contributed by atoms with van der Waals surface area (Å²) in [4.78, 5) is 22.7. The fourth-order valence-electron chi connectivity index (χ4n) is 4.40. The Morgan fingerprint density at radius 1 is 0.897 bits per heavy atom. The van der Waals surface area contributed by atoms with Gasteiger partial charge < -0.3 is 29.8 Å². The molecule has 0 atom stereocenters. The van der Waals surface area contributed by atoms with Crippen LogP contribution in [0, 0.1) is 0 Å². The largest absolute Gasteiger partial charge is 0.457 e. The van der Waals surface area contributed by atoms with Crippen LogP contribution in [0.4, 0.5) is 30.5 Å². The first-order chi connectivity index (χ1) is 18.8. The quantitative estimate of drug-likeness (QED) is 0.259. The number of alkyl halides is 3. The van der Waals surface area contributed by atoms with E-state index in [1.54, 1.807) is 18.2 Å². The van der Waals surface area contributed by atoms with E-state index in [0.717, 1.165) is 49.1 Å². The van der Waals surface area contributed by atoms with Gasteiger partial charge in [0.25, 0.3) is 0 Å². The number of ether oxygens (including phenoxy) is 1. The molecule has 12 heteroatoms. The molecule has 39 heavy (non-hydrogen) atoms. The lowest BCUT2D eigenvalue weighted by atomic mass is 10.2. The third kappa shape index (κ3) is 5.50. The zero-order chi connectivity index (χ0) is 27.0. The molecule has 0 radical (unpaired) electrons. The number of halogens is 3. The number of piperazine rings is 1. The molecule has 0 unspecified atom stereocenters.